The number of carbonyl (C=O) groups is 1. The highest BCUT2D eigenvalue weighted by Gasteiger charge is 2.30. The van der Waals surface area contributed by atoms with Crippen LogP contribution in [0.25, 0.3) is 0 Å². The number of piperidine rings is 1. The number of ether oxygens (including phenoxy) is 1. The van der Waals surface area contributed by atoms with Gasteiger partial charge in [0, 0.05) is 32.8 Å². The average Bonchev–Trinajstić information content (AvgIpc) is 2.67. The second kappa shape index (κ2) is 10.6. The Balaban J connectivity index is 0.00000280. The molecule has 1 fully saturated rings. The third-order valence-electron chi connectivity index (χ3n) is 5.27. The van der Waals surface area contributed by atoms with E-state index in [0.29, 0.717) is 12.3 Å². The maximum atomic E-state index is 13.9. The zero-order valence-electron chi connectivity index (χ0n) is 16.4. The Morgan fingerprint density at radius 2 is 1.93 bits per heavy atom. The summed E-state index contributed by atoms with van der Waals surface area (Å²) in [5.74, 6) is 0.112. The van der Waals surface area contributed by atoms with E-state index in [9.17, 15) is 9.18 Å². The zero-order valence-corrected chi connectivity index (χ0v) is 17.2. The standard InChI is InChI=1S/C22H27FN2O2.ClH/c1-16(26)24-21-10-6-4-8-19(21)18-12-14-25(22(15-18)27-2)13-11-17-7-3-5-9-20(17)23;/h3-10,18,22H,11-15H2,1-2H3,(H,24,26);1H. The van der Waals surface area contributed by atoms with Gasteiger partial charge in [-0.15, -0.1) is 12.4 Å². The van der Waals surface area contributed by atoms with E-state index in [0.717, 1.165) is 42.7 Å². The second-order valence-electron chi connectivity index (χ2n) is 7.06. The van der Waals surface area contributed by atoms with Gasteiger partial charge in [-0.2, -0.15) is 0 Å². The van der Waals surface area contributed by atoms with Crippen LogP contribution in [0, 0.1) is 5.82 Å². The molecular formula is C22H28ClFN2O2. The number of benzene rings is 2. The van der Waals surface area contributed by atoms with Gasteiger partial charge in [-0.05, 0) is 48.4 Å². The van der Waals surface area contributed by atoms with Crippen molar-refractivity contribution < 1.29 is 13.9 Å². The van der Waals surface area contributed by atoms with E-state index in [1.165, 1.54) is 13.0 Å². The van der Waals surface area contributed by atoms with Gasteiger partial charge in [0.05, 0.1) is 0 Å². The van der Waals surface area contributed by atoms with Crippen LogP contribution in [0.3, 0.4) is 0 Å². The van der Waals surface area contributed by atoms with Crippen LogP contribution in [-0.4, -0.2) is 37.2 Å². The molecule has 2 aromatic carbocycles. The average molecular weight is 407 g/mol. The predicted octanol–water partition coefficient (Wildman–Crippen LogP) is 4.60. The Morgan fingerprint density at radius 1 is 1.21 bits per heavy atom. The number of hydrogen-bond acceptors (Lipinski definition) is 3. The molecule has 4 nitrogen and oxygen atoms in total. The molecule has 0 saturated carbocycles. The molecular weight excluding hydrogens is 379 g/mol. The molecule has 1 heterocycles. The van der Waals surface area contributed by atoms with Gasteiger partial charge in [-0.25, -0.2) is 4.39 Å². The maximum absolute atomic E-state index is 13.9. The van der Waals surface area contributed by atoms with E-state index in [1.54, 1.807) is 13.2 Å². The van der Waals surface area contributed by atoms with Crippen molar-refractivity contribution in [3.8, 4) is 0 Å². The molecule has 0 aliphatic carbocycles. The van der Waals surface area contributed by atoms with Gasteiger partial charge in [0.15, 0.2) is 0 Å². The number of halogens is 2. The molecule has 0 aromatic heterocycles. The van der Waals surface area contributed by atoms with E-state index >= 15 is 0 Å². The number of nitrogens with one attached hydrogen (secondary N) is 1. The van der Waals surface area contributed by atoms with Crippen molar-refractivity contribution in [3.05, 3.63) is 65.5 Å². The maximum Gasteiger partial charge on any atom is 0.221 e. The minimum absolute atomic E-state index is 0. The quantitative estimate of drug-likeness (QED) is 0.762. The highest BCUT2D eigenvalue weighted by molar-refractivity contribution is 5.89. The summed E-state index contributed by atoms with van der Waals surface area (Å²) in [5.41, 5.74) is 2.78. The molecule has 152 valence electrons. The Hall–Kier alpha value is -1.95. The smallest absolute Gasteiger partial charge is 0.221 e. The molecule has 2 aromatic rings. The number of nitrogens with zero attached hydrogens (tertiary/aromatic N) is 1. The molecule has 3 rings (SSSR count). The summed E-state index contributed by atoms with van der Waals surface area (Å²) in [5, 5.41) is 2.93. The number of hydrogen-bond donors (Lipinski definition) is 1. The lowest BCUT2D eigenvalue weighted by molar-refractivity contribution is -0.114. The topological polar surface area (TPSA) is 41.6 Å². The fraction of sp³-hybridized carbons (Fsp3) is 0.409. The summed E-state index contributed by atoms with van der Waals surface area (Å²) in [4.78, 5) is 13.8. The largest absolute Gasteiger partial charge is 0.366 e. The number of para-hydroxylation sites is 1. The third-order valence-corrected chi connectivity index (χ3v) is 5.27. The van der Waals surface area contributed by atoms with Gasteiger partial charge in [-0.1, -0.05) is 36.4 Å². The number of anilines is 1. The van der Waals surface area contributed by atoms with Crippen molar-refractivity contribution in [3.63, 3.8) is 0 Å². The van der Waals surface area contributed by atoms with Crippen molar-refractivity contribution in [1.29, 1.82) is 0 Å². The molecule has 1 aliphatic heterocycles. The van der Waals surface area contributed by atoms with E-state index in [1.807, 2.05) is 30.3 Å². The van der Waals surface area contributed by atoms with Crippen molar-refractivity contribution in [2.75, 3.05) is 25.5 Å². The number of likely N-dealkylation sites (tertiary alicyclic amines) is 1. The van der Waals surface area contributed by atoms with Crippen LogP contribution in [-0.2, 0) is 16.0 Å². The fourth-order valence-corrected chi connectivity index (χ4v) is 3.88. The van der Waals surface area contributed by atoms with E-state index < -0.39 is 0 Å². The molecule has 0 bridgehead atoms. The number of rotatable bonds is 6. The first-order valence-electron chi connectivity index (χ1n) is 9.45. The molecule has 28 heavy (non-hydrogen) atoms. The predicted molar refractivity (Wildman–Crippen MR) is 112 cm³/mol. The van der Waals surface area contributed by atoms with Crippen LogP contribution in [0.1, 0.15) is 36.8 Å². The lowest BCUT2D eigenvalue weighted by Gasteiger charge is -2.39. The second-order valence-corrected chi connectivity index (χ2v) is 7.06. The van der Waals surface area contributed by atoms with E-state index in [2.05, 4.69) is 16.3 Å². The molecule has 2 atom stereocenters. The molecule has 0 radical (unpaired) electrons. The lowest BCUT2D eigenvalue weighted by atomic mass is 9.87. The minimum Gasteiger partial charge on any atom is -0.366 e. The molecule has 1 aliphatic rings. The van der Waals surface area contributed by atoms with Crippen LogP contribution in [0.2, 0.25) is 0 Å². The van der Waals surface area contributed by atoms with Crippen molar-refractivity contribution in [2.24, 2.45) is 0 Å². The van der Waals surface area contributed by atoms with Crippen molar-refractivity contribution in [1.82, 2.24) is 4.90 Å². The Morgan fingerprint density at radius 3 is 2.64 bits per heavy atom. The van der Waals surface area contributed by atoms with Gasteiger partial charge in [-0.3, -0.25) is 9.69 Å². The van der Waals surface area contributed by atoms with E-state index in [-0.39, 0.29) is 30.4 Å². The van der Waals surface area contributed by atoms with Crippen LogP contribution in [0.15, 0.2) is 48.5 Å². The normalized spacial score (nSPS) is 19.7. The fourth-order valence-electron chi connectivity index (χ4n) is 3.88. The summed E-state index contributed by atoms with van der Waals surface area (Å²) in [6.07, 6.45) is 2.48. The molecule has 2 unspecified atom stereocenters. The molecule has 1 amide bonds. The molecule has 6 heteroatoms. The summed E-state index contributed by atoms with van der Waals surface area (Å²) in [7, 11) is 1.73. The van der Waals surface area contributed by atoms with Gasteiger partial charge < -0.3 is 10.1 Å². The Bertz CT molecular complexity index is 787. The summed E-state index contributed by atoms with van der Waals surface area (Å²) in [6, 6.07) is 14.9. The number of amides is 1. The summed E-state index contributed by atoms with van der Waals surface area (Å²) < 4.78 is 19.6. The van der Waals surface area contributed by atoms with Crippen LogP contribution in [0.4, 0.5) is 10.1 Å². The first-order chi connectivity index (χ1) is 13.1. The zero-order chi connectivity index (χ0) is 19.2. The van der Waals surface area contributed by atoms with Crippen molar-refractivity contribution >= 4 is 24.0 Å². The van der Waals surface area contributed by atoms with Gasteiger partial charge in [0.25, 0.3) is 0 Å². The first kappa shape index (κ1) is 22.3. The molecule has 0 spiro atoms. The summed E-state index contributed by atoms with van der Waals surface area (Å²) >= 11 is 0. The molecule has 1 saturated heterocycles. The minimum atomic E-state index is -0.148. The first-order valence-corrected chi connectivity index (χ1v) is 9.45. The Labute approximate surface area is 172 Å². The SMILES string of the molecule is COC1CC(c2ccccc2NC(C)=O)CCN1CCc1ccccc1F.Cl. The Kier molecular flexibility index (Phi) is 8.42. The highest BCUT2D eigenvalue weighted by Crippen LogP contribution is 2.35. The number of carbonyl (C=O) groups excluding carboxylic acids is 1. The van der Waals surface area contributed by atoms with Gasteiger partial charge >= 0.3 is 0 Å². The van der Waals surface area contributed by atoms with Crippen LogP contribution >= 0.6 is 12.4 Å². The monoisotopic (exact) mass is 406 g/mol. The third kappa shape index (κ3) is 5.53. The molecule has 1 N–H and O–H groups in total. The highest BCUT2D eigenvalue weighted by atomic mass is 35.5. The lowest BCUT2D eigenvalue weighted by Crippen LogP contribution is -2.44. The van der Waals surface area contributed by atoms with Crippen LogP contribution < -0.4 is 5.32 Å². The van der Waals surface area contributed by atoms with E-state index in [4.69, 9.17) is 4.74 Å². The van der Waals surface area contributed by atoms with Gasteiger partial charge in [0.2, 0.25) is 5.91 Å². The van der Waals surface area contributed by atoms with Crippen molar-refractivity contribution in [2.45, 2.75) is 38.3 Å². The van der Waals surface area contributed by atoms with Gasteiger partial charge in [0.1, 0.15) is 12.0 Å². The number of methoxy groups -OCH3 is 1. The van der Waals surface area contributed by atoms with Crippen LogP contribution in [0.5, 0.6) is 0 Å². The summed E-state index contributed by atoms with van der Waals surface area (Å²) in [6.45, 7) is 3.17.